The fourth-order valence-electron chi connectivity index (χ4n) is 4.95. The van der Waals surface area contributed by atoms with Gasteiger partial charge in [0.15, 0.2) is 0 Å². The molecule has 166 valence electrons. The Morgan fingerprint density at radius 3 is 2.67 bits per heavy atom. The van der Waals surface area contributed by atoms with Gasteiger partial charge in [0, 0.05) is 65.9 Å². The van der Waals surface area contributed by atoms with Gasteiger partial charge in [-0.1, -0.05) is 6.42 Å². The van der Waals surface area contributed by atoms with E-state index in [-0.39, 0.29) is 6.17 Å². The van der Waals surface area contributed by atoms with Crippen LogP contribution in [0.1, 0.15) is 36.6 Å². The van der Waals surface area contributed by atoms with Crippen molar-refractivity contribution in [3.8, 4) is 11.1 Å². The Morgan fingerprint density at radius 2 is 1.79 bits per heavy atom. The summed E-state index contributed by atoms with van der Waals surface area (Å²) in [6.45, 7) is 3.33. The Kier molecular flexibility index (Phi) is 5.24. The van der Waals surface area contributed by atoms with Gasteiger partial charge in [-0.3, -0.25) is 20.0 Å². The molecule has 0 bridgehead atoms. The molecule has 3 aromatic heterocycles. The summed E-state index contributed by atoms with van der Waals surface area (Å²) >= 11 is 0. The van der Waals surface area contributed by atoms with Crippen LogP contribution in [-0.2, 0) is 6.54 Å². The van der Waals surface area contributed by atoms with E-state index in [2.05, 4.69) is 59.7 Å². The van der Waals surface area contributed by atoms with Crippen LogP contribution in [-0.4, -0.2) is 38.2 Å². The molecule has 0 spiro atoms. The Hall–Kier alpha value is -3.71. The van der Waals surface area contributed by atoms with Gasteiger partial charge in [-0.2, -0.15) is 5.10 Å². The second-order valence-corrected chi connectivity index (χ2v) is 8.82. The first-order valence-corrected chi connectivity index (χ1v) is 11.6. The predicted molar refractivity (Wildman–Crippen MR) is 130 cm³/mol. The van der Waals surface area contributed by atoms with Crippen LogP contribution in [0.4, 0.5) is 5.69 Å². The molecule has 0 aliphatic carbocycles. The van der Waals surface area contributed by atoms with Crippen LogP contribution in [0, 0.1) is 0 Å². The Balaban J connectivity index is 1.36. The van der Waals surface area contributed by atoms with E-state index in [9.17, 15) is 0 Å². The van der Waals surface area contributed by atoms with E-state index in [1.165, 1.54) is 37.9 Å². The van der Waals surface area contributed by atoms with E-state index in [1.807, 2.05) is 49.3 Å². The monoisotopic (exact) mass is 437 g/mol. The number of nitrogens with zero attached hydrogens (tertiary/aromatic N) is 5. The summed E-state index contributed by atoms with van der Waals surface area (Å²) in [4.78, 5) is 13.5. The molecule has 1 unspecified atom stereocenters. The number of piperidine rings is 1. The maximum absolute atomic E-state index is 4.59. The van der Waals surface area contributed by atoms with Gasteiger partial charge in [0.1, 0.15) is 6.17 Å². The first-order valence-electron chi connectivity index (χ1n) is 11.6. The van der Waals surface area contributed by atoms with Gasteiger partial charge < -0.3 is 10.2 Å². The molecule has 1 aromatic carbocycles. The molecule has 5 heterocycles. The van der Waals surface area contributed by atoms with Gasteiger partial charge in [-0.05, 0) is 67.4 Å². The number of fused-ring (bicyclic) bond motifs is 1. The lowest BCUT2D eigenvalue weighted by molar-refractivity contribution is 0.220. The highest BCUT2D eigenvalue weighted by Gasteiger charge is 2.25. The van der Waals surface area contributed by atoms with Gasteiger partial charge >= 0.3 is 0 Å². The molecule has 2 aliphatic heterocycles. The molecule has 0 saturated carbocycles. The van der Waals surface area contributed by atoms with Crippen molar-refractivity contribution in [1.82, 2.24) is 30.4 Å². The number of H-pyrrole nitrogens is 1. The van der Waals surface area contributed by atoms with E-state index >= 15 is 0 Å². The number of anilines is 1. The molecule has 2 aliphatic rings. The number of hydrogen-bond acceptors (Lipinski definition) is 6. The van der Waals surface area contributed by atoms with Gasteiger partial charge in [-0.25, -0.2) is 0 Å². The Morgan fingerprint density at radius 1 is 0.909 bits per heavy atom. The highest BCUT2D eigenvalue weighted by molar-refractivity contribution is 5.88. The van der Waals surface area contributed by atoms with E-state index in [0.29, 0.717) is 0 Å². The predicted octanol–water partition coefficient (Wildman–Crippen LogP) is 4.59. The molecule has 1 atom stereocenters. The molecule has 0 amide bonds. The van der Waals surface area contributed by atoms with Crippen LogP contribution in [0.25, 0.3) is 22.0 Å². The average molecular weight is 438 g/mol. The standard InChI is InChI=1S/C26H27N7/c1-2-9-32(10-3-1)18-19-12-21(16-28-15-19)20-13-22-17-30-31-25(22)24(14-20)26-29-8-11-33(26)23-4-6-27-7-5-23/h4-8,11-17,26,29H,1-3,9-10,18H2,(H,30,31). The molecule has 7 nitrogen and oxygen atoms in total. The summed E-state index contributed by atoms with van der Waals surface area (Å²) in [5.41, 5.74) is 6.81. The van der Waals surface area contributed by atoms with Crippen molar-refractivity contribution in [2.24, 2.45) is 0 Å². The third-order valence-electron chi connectivity index (χ3n) is 6.59. The topological polar surface area (TPSA) is 73.0 Å². The van der Waals surface area contributed by atoms with Crippen LogP contribution >= 0.6 is 0 Å². The SMILES string of the molecule is C1=CN(c2ccncc2)C(c2cc(-c3cncc(CN4CCCCC4)c3)cc3cn[nH]c23)N1. The van der Waals surface area contributed by atoms with E-state index in [0.717, 1.165) is 39.8 Å². The van der Waals surface area contributed by atoms with Crippen LogP contribution in [0.3, 0.4) is 0 Å². The lowest BCUT2D eigenvalue weighted by Gasteiger charge is -2.27. The number of aromatic nitrogens is 4. The molecular formula is C26H27N7. The quantitative estimate of drug-likeness (QED) is 0.476. The number of benzene rings is 1. The van der Waals surface area contributed by atoms with Crippen LogP contribution in [0.15, 0.2) is 73.7 Å². The number of nitrogens with one attached hydrogen (secondary N) is 2. The lowest BCUT2D eigenvalue weighted by atomic mass is 9.98. The maximum atomic E-state index is 4.59. The second-order valence-electron chi connectivity index (χ2n) is 8.82. The molecule has 2 N–H and O–H groups in total. The summed E-state index contributed by atoms with van der Waals surface area (Å²) in [6.07, 6.45) is 17.5. The third kappa shape index (κ3) is 3.96. The highest BCUT2D eigenvalue weighted by Crippen LogP contribution is 2.35. The first kappa shape index (κ1) is 19.9. The zero-order valence-corrected chi connectivity index (χ0v) is 18.5. The van der Waals surface area contributed by atoms with Crippen molar-refractivity contribution in [2.45, 2.75) is 32.0 Å². The molecule has 1 saturated heterocycles. The first-order chi connectivity index (χ1) is 16.3. The summed E-state index contributed by atoms with van der Waals surface area (Å²) < 4.78 is 0. The fraction of sp³-hybridized carbons (Fsp3) is 0.269. The molecule has 33 heavy (non-hydrogen) atoms. The van der Waals surface area contributed by atoms with Crippen LogP contribution in [0.5, 0.6) is 0 Å². The van der Waals surface area contributed by atoms with Crippen molar-refractivity contribution < 1.29 is 0 Å². The minimum atomic E-state index is -0.0419. The number of hydrogen-bond donors (Lipinski definition) is 2. The van der Waals surface area contributed by atoms with Crippen molar-refractivity contribution in [3.05, 3.63) is 84.8 Å². The summed E-state index contributed by atoms with van der Waals surface area (Å²) in [5, 5.41) is 12.1. The number of likely N-dealkylation sites (tertiary alicyclic amines) is 1. The Labute approximate surface area is 193 Å². The smallest absolute Gasteiger partial charge is 0.131 e. The summed E-state index contributed by atoms with van der Waals surface area (Å²) in [6, 6.07) is 10.8. The van der Waals surface area contributed by atoms with Crippen LogP contribution in [0.2, 0.25) is 0 Å². The van der Waals surface area contributed by atoms with E-state index in [4.69, 9.17) is 0 Å². The number of aromatic amines is 1. The molecule has 6 rings (SSSR count). The molecule has 0 radical (unpaired) electrons. The maximum Gasteiger partial charge on any atom is 0.131 e. The van der Waals surface area contributed by atoms with E-state index < -0.39 is 0 Å². The van der Waals surface area contributed by atoms with Gasteiger partial charge in [0.2, 0.25) is 0 Å². The average Bonchev–Trinajstić information content (AvgIpc) is 3.55. The normalized spacial score (nSPS) is 18.7. The molecular weight excluding hydrogens is 410 g/mol. The van der Waals surface area contributed by atoms with Crippen molar-refractivity contribution in [3.63, 3.8) is 0 Å². The van der Waals surface area contributed by atoms with Crippen molar-refractivity contribution in [1.29, 1.82) is 0 Å². The zero-order chi connectivity index (χ0) is 22.0. The fourth-order valence-corrected chi connectivity index (χ4v) is 4.95. The molecule has 7 heteroatoms. The summed E-state index contributed by atoms with van der Waals surface area (Å²) in [5.74, 6) is 0. The highest BCUT2D eigenvalue weighted by atomic mass is 15.3. The third-order valence-corrected chi connectivity index (χ3v) is 6.59. The van der Waals surface area contributed by atoms with Crippen LogP contribution < -0.4 is 10.2 Å². The van der Waals surface area contributed by atoms with Gasteiger partial charge in [0.05, 0.1) is 11.7 Å². The van der Waals surface area contributed by atoms with Crippen molar-refractivity contribution in [2.75, 3.05) is 18.0 Å². The molecule has 1 fully saturated rings. The van der Waals surface area contributed by atoms with Crippen molar-refractivity contribution >= 4 is 16.6 Å². The van der Waals surface area contributed by atoms with Gasteiger partial charge in [0.25, 0.3) is 0 Å². The van der Waals surface area contributed by atoms with Gasteiger partial charge in [-0.15, -0.1) is 0 Å². The number of pyridine rings is 2. The Bertz CT molecular complexity index is 1270. The summed E-state index contributed by atoms with van der Waals surface area (Å²) in [7, 11) is 0. The number of rotatable bonds is 5. The second kappa shape index (κ2) is 8.67. The lowest BCUT2D eigenvalue weighted by Crippen LogP contribution is -2.29. The minimum absolute atomic E-state index is 0.0419. The zero-order valence-electron chi connectivity index (χ0n) is 18.5. The van der Waals surface area contributed by atoms with E-state index in [1.54, 1.807) is 0 Å². The minimum Gasteiger partial charge on any atom is -0.366 e. The molecule has 4 aromatic rings. The largest absolute Gasteiger partial charge is 0.366 e.